The highest BCUT2D eigenvalue weighted by atomic mass is 79.9. The zero-order valence-corrected chi connectivity index (χ0v) is 13.8. The summed E-state index contributed by atoms with van der Waals surface area (Å²) in [5, 5.41) is 4.69. The van der Waals surface area contributed by atoms with E-state index in [2.05, 4.69) is 26.5 Å². The third-order valence-electron chi connectivity index (χ3n) is 2.60. The van der Waals surface area contributed by atoms with E-state index in [9.17, 15) is 4.79 Å². The van der Waals surface area contributed by atoms with Crippen molar-refractivity contribution in [2.45, 2.75) is 0 Å². The van der Waals surface area contributed by atoms with Crippen molar-refractivity contribution in [3.05, 3.63) is 57.5 Å². The summed E-state index contributed by atoms with van der Waals surface area (Å²) in [6.07, 6.45) is 1.57. The Labute approximate surface area is 141 Å². The van der Waals surface area contributed by atoms with Crippen molar-refractivity contribution in [1.29, 1.82) is 0 Å². The molecule has 0 heterocycles. The average molecular weight is 383 g/mol. The molecule has 0 saturated heterocycles. The second kappa shape index (κ2) is 7.82. The van der Waals surface area contributed by atoms with Crippen molar-refractivity contribution in [3.8, 4) is 5.75 Å². The van der Waals surface area contributed by atoms with E-state index in [1.54, 1.807) is 24.4 Å². The molecule has 0 unspecified atom stereocenters. The number of carbonyl (C=O) groups is 1. The van der Waals surface area contributed by atoms with Crippen molar-refractivity contribution in [2.24, 2.45) is 10.8 Å². The van der Waals surface area contributed by atoms with Gasteiger partial charge in [0, 0.05) is 10.0 Å². The van der Waals surface area contributed by atoms with Gasteiger partial charge in [0.1, 0.15) is 5.75 Å². The molecule has 3 N–H and O–H groups in total. The number of hydrogen-bond acceptors (Lipinski definition) is 4. The van der Waals surface area contributed by atoms with E-state index < -0.39 is 5.91 Å². The lowest BCUT2D eigenvalue weighted by atomic mass is 10.2. The van der Waals surface area contributed by atoms with Gasteiger partial charge in [0.2, 0.25) is 0 Å². The molecule has 0 saturated carbocycles. The normalized spacial score (nSPS) is 10.6. The van der Waals surface area contributed by atoms with Crippen LogP contribution < -0.4 is 15.9 Å². The number of nitrogens with two attached hydrogens (primary N) is 1. The Hall–Kier alpha value is -2.05. The molecule has 5 nitrogen and oxygen atoms in total. The van der Waals surface area contributed by atoms with Crippen LogP contribution in [-0.2, 0) is 4.79 Å². The number of primary amides is 1. The Kier molecular flexibility index (Phi) is 5.80. The second-order valence-electron chi connectivity index (χ2n) is 4.29. The molecule has 1 amide bonds. The van der Waals surface area contributed by atoms with Gasteiger partial charge in [-0.15, -0.1) is 0 Å². The van der Waals surface area contributed by atoms with E-state index in [1.807, 2.05) is 24.3 Å². The summed E-state index contributed by atoms with van der Waals surface area (Å²) in [6, 6.07) is 12.6. The number of para-hydroxylation sites is 1. The highest BCUT2D eigenvalue weighted by Crippen LogP contribution is 2.23. The predicted molar refractivity (Wildman–Crippen MR) is 91.5 cm³/mol. The first-order chi connectivity index (χ1) is 10.6. The molecule has 0 aromatic heterocycles. The zero-order valence-electron chi connectivity index (χ0n) is 11.4. The molecule has 2 aromatic carbocycles. The minimum absolute atomic E-state index is 0.194. The molecule has 0 atom stereocenters. The maximum Gasteiger partial charge on any atom is 0.255 e. The van der Waals surface area contributed by atoms with Gasteiger partial charge in [-0.2, -0.15) is 5.10 Å². The molecule has 0 radical (unpaired) electrons. The fourth-order valence-corrected chi connectivity index (χ4v) is 2.18. The largest absolute Gasteiger partial charge is 0.483 e. The molecule has 0 aliphatic rings. The highest BCUT2D eigenvalue weighted by molar-refractivity contribution is 9.10. The van der Waals surface area contributed by atoms with Crippen LogP contribution in [0.15, 0.2) is 52.0 Å². The first-order valence-corrected chi connectivity index (χ1v) is 7.47. The minimum Gasteiger partial charge on any atom is -0.483 e. The number of halogens is 2. The number of nitrogens with zero attached hydrogens (tertiary/aromatic N) is 1. The van der Waals surface area contributed by atoms with Crippen molar-refractivity contribution >= 4 is 45.3 Å². The fourth-order valence-electron chi connectivity index (χ4n) is 1.62. The SMILES string of the molecule is NC(=O)COc1ccc(Br)cc1C=NNc1ccccc1Cl. The molecular formula is C15H13BrClN3O2. The summed E-state index contributed by atoms with van der Waals surface area (Å²) in [7, 11) is 0. The number of amides is 1. The molecule has 114 valence electrons. The lowest BCUT2D eigenvalue weighted by molar-refractivity contribution is -0.119. The van der Waals surface area contributed by atoms with E-state index in [0.717, 1.165) is 4.47 Å². The van der Waals surface area contributed by atoms with Crippen LogP contribution in [0.2, 0.25) is 5.02 Å². The van der Waals surface area contributed by atoms with E-state index in [1.165, 1.54) is 0 Å². The number of anilines is 1. The standard InChI is InChI=1S/C15H13BrClN3O2/c16-11-5-6-14(22-9-15(18)21)10(7-11)8-19-20-13-4-2-1-3-12(13)17/h1-8,20H,9H2,(H2,18,21). The average Bonchev–Trinajstić information content (AvgIpc) is 2.48. The smallest absolute Gasteiger partial charge is 0.255 e. The quantitative estimate of drug-likeness (QED) is 0.594. The van der Waals surface area contributed by atoms with Gasteiger partial charge in [-0.3, -0.25) is 10.2 Å². The first-order valence-electron chi connectivity index (χ1n) is 6.30. The van der Waals surface area contributed by atoms with Crippen molar-refractivity contribution < 1.29 is 9.53 Å². The lowest BCUT2D eigenvalue weighted by Crippen LogP contribution is -2.20. The molecule has 0 bridgehead atoms. The Morgan fingerprint density at radius 3 is 2.86 bits per heavy atom. The van der Waals surface area contributed by atoms with Crippen LogP contribution in [0.25, 0.3) is 0 Å². The van der Waals surface area contributed by atoms with Crippen LogP contribution >= 0.6 is 27.5 Å². The Morgan fingerprint density at radius 1 is 1.36 bits per heavy atom. The minimum atomic E-state index is -0.542. The Bertz CT molecular complexity index is 707. The maximum absolute atomic E-state index is 10.8. The molecule has 7 heteroatoms. The Balaban J connectivity index is 2.13. The summed E-state index contributed by atoms with van der Waals surface area (Å²) in [5.41, 5.74) is 9.31. The van der Waals surface area contributed by atoms with Gasteiger partial charge in [-0.1, -0.05) is 39.7 Å². The fraction of sp³-hybridized carbons (Fsp3) is 0.0667. The van der Waals surface area contributed by atoms with Crippen LogP contribution in [-0.4, -0.2) is 18.7 Å². The predicted octanol–water partition coefficient (Wildman–Crippen LogP) is 3.41. The van der Waals surface area contributed by atoms with Crippen LogP contribution in [0.5, 0.6) is 5.75 Å². The number of carbonyl (C=O) groups excluding carboxylic acids is 1. The Morgan fingerprint density at radius 2 is 2.14 bits per heavy atom. The van der Waals surface area contributed by atoms with Gasteiger partial charge in [0.25, 0.3) is 5.91 Å². The van der Waals surface area contributed by atoms with Crippen LogP contribution in [0.3, 0.4) is 0 Å². The van der Waals surface area contributed by atoms with Crippen LogP contribution in [0.1, 0.15) is 5.56 Å². The van der Waals surface area contributed by atoms with Crippen molar-refractivity contribution in [3.63, 3.8) is 0 Å². The topological polar surface area (TPSA) is 76.7 Å². The number of hydrazone groups is 1. The van der Waals surface area contributed by atoms with E-state index in [4.69, 9.17) is 22.1 Å². The third kappa shape index (κ3) is 4.75. The lowest BCUT2D eigenvalue weighted by Gasteiger charge is -2.08. The zero-order chi connectivity index (χ0) is 15.9. The maximum atomic E-state index is 10.8. The summed E-state index contributed by atoms with van der Waals surface area (Å²) in [5.74, 6) is -0.0355. The van der Waals surface area contributed by atoms with E-state index in [0.29, 0.717) is 22.0 Å². The van der Waals surface area contributed by atoms with Crippen molar-refractivity contribution in [2.75, 3.05) is 12.0 Å². The molecule has 0 fully saturated rings. The van der Waals surface area contributed by atoms with Crippen molar-refractivity contribution in [1.82, 2.24) is 0 Å². The highest BCUT2D eigenvalue weighted by Gasteiger charge is 2.04. The summed E-state index contributed by atoms with van der Waals surface area (Å²) < 4.78 is 6.20. The summed E-state index contributed by atoms with van der Waals surface area (Å²) in [6.45, 7) is -0.194. The molecule has 0 aliphatic carbocycles. The summed E-state index contributed by atoms with van der Waals surface area (Å²) in [4.78, 5) is 10.8. The van der Waals surface area contributed by atoms with Crippen LogP contribution in [0.4, 0.5) is 5.69 Å². The van der Waals surface area contributed by atoms with E-state index in [-0.39, 0.29) is 6.61 Å². The molecule has 2 rings (SSSR count). The number of nitrogens with one attached hydrogen (secondary N) is 1. The van der Waals surface area contributed by atoms with Gasteiger partial charge in [0.05, 0.1) is 16.9 Å². The molecule has 22 heavy (non-hydrogen) atoms. The van der Waals surface area contributed by atoms with Gasteiger partial charge in [-0.05, 0) is 30.3 Å². The van der Waals surface area contributed by atoms with Crippen LogP contribution in [0, 0.1) is 0 Å². The monoisotopic (exact) mass is 381 g/mol. The number of hydrogen-bond donors (Lipinski definition) is 2. The molecule has 0 spiro atoms. The second-order valence-corrected chi connectivity index (χ2v) is 5.61. The summed E-state index contributed by atoms with van der Waals surface area (Å²) >= 11 is 9.40. The number of ether oxygens (including phenoxy) is 1. The van der Waals surface area contributed by atoms with Gasteiger partial charge in [0.15, 0.2) is 6.61 Å². The van der Waals surface area contributed by atoms with E-state index >= 15 is 0 Å². The van der Waals surface area contributed by atoms with Gasteiger partial charge >= 0.3 is 0 Å². The molecule has 0 aliphatic heterocycles. The van der Waals surface area contributed by atoms with Gasteiger partial charge < -0.3 is 10.5 Å². The number of rotatable bonds is 6. The van der Waals surface area contributed by atoms with Gasteiger partial charge in [-0.25, -0.2) is 0 Å². The first kappa shape index (κ1) is 16.3. The molecular weight excluding hydrogens is 370 g/mol. The molecule has 2 aromatic rings. The third-order valence-corrected chi connectivity index (χ3v) is 3.43. The number of benzene rings is 2.